The fourth-order valence-electron chi connectivity index (χ4n) is 4.03. The Morgan fingerprint density at radius 1 is 1.25 bits per heavy atom. The lowest BCUT2D eigenvalue weighted by Gasteiger charge is -2.13. The Bertz CT molecular complexity index is 744. The molecule has 24 heavy (non-hydrogen) atoms. The first kappa shape index (κ1) is 15.4. The zero-order valence-electron chi connectivity index (χ0n) is 13.2. The van der Waals surface area contributed by atoms with E-state index in [2.05, 4.69) is 17.3 Å². The van der Waals surface area contributed by atoms with Crippen LogP contribution in [0.15, 0.2) is 35.5 Å². The molecule has 0 N–H and O–H groups in total. The maximum absolute atomic E-state index is 12.6. The number of nitrogens with zero attached hydrogens (tertiary/aromatic N) is 2. The number of benzene rings is 1. The molecule has 2 bridgehead atoms. The number of imide groups is 1. The van der Waals surface area contributed by atoms with Crippen LogP contribution in [-0.4, -0.2) is 29.6 Å². The van der Waals surface area contributed by atoms with Gasteiger partial charge in [-0.3, -0.25) is 9.59 Å². The van der Waals surface area contributed by atoms with Crippen LogP contribution in [0.5, 0.6) is 5.75 Å². The molecule has 0 spiro atoms. The van der Waals surface area contributed by atoms with Crippen LogP contribution in [0.4, 0.5) is 0 Å². The molecule has 1 saturated heterocycles. The smallest absolute Gasteiger partial charge is 0.254 e. The molecule has 124 valence electrons. The van der Waals surface area contributed by atoms with Crippen molar-refractivity contribution in [2.75, 3.05) is 6.61 Å². The first-order valence-corrected chi connectivity index (χ1v) is 8.50. The van der Waals surface area contributed by atoms with Crippen molar-refractivity contribution in [1.82, 2.24) is 5.01 Å². The van der Waals surface area contributed by atoms with E-state index in [-0.39, 0.29) is 35.5 Å². The highest BCUT2D eigenvalue weighted by Gasteiger charge is 2.59. The van der Waals surface area contributed by atoms with E-state index in [9.17, 15) is 9.59 Å². The molecular formula is C18H17ClN2O3. The van der Waals surface area contributed by atoms with Crippen LogP contribution in [0.25, 0.3) is 0 Å². The molecule has 2 fully saturated rings. The Hall–Kier alpha value is -2.14. The Balaban J connectivity index is 1.60. The third-order valence-corrected chi connectivity index (χ3v) is 5.27. The van der Waals surface area contributed by atoms with E-state index >= 15 is 0 Å². The first-order valence-electron chi connectivity index (χ1n) is 8.12. The average molecular weight is 345 g/mol. The molecule has 2 amide bonds. The van der Waals surface area contributed by atoms with Gasteiger partial charge in [-0.05, 0) is 43.4 Å². The van der Waals surface area contributed by atoms with Gasteiger partial charge in [0.05, 0.1) is 24.7 Å². The molecule has 3 aliphatic rings. The van der Waals surface area contributed by atoms with Crippen LogP contribution >= 0.6 is 11.6 Å². The maximum atomic E-state index is 12.6. The predicted octanol–water partition coefficient (Wildman–Crippen LogP) is 2.88. The number of halogens is 1. The van der Waals surface area contributed by atoms with Crippen LogP contribution in [-0.2, 0) is 9.59 Å². The zero-order chi connectivity index (χ0) is 16.8. The van der Waals surface area contributed by atoms with Gasteiger partial charge in [-0.15, -0.1) is 0 Å². The summed E-state index contributed by atoms with van der Waals surface area (Å²) in [5.41, 5.74) is 0.642. The molecule has 1 aromatic carbocycles. The Morgan fingerprint density at radius 2 is 1.92 bits per heavy atom. The first-order chi connectivity index (χ1) is 11.6. The lowest BCUT2D eigenvalue weighted by atomic mass is 9.85. The summed E-state index contributed by atoms with van der Waals surface area (Å²) in [6.45, 7) is 2.39. The molecule has 1 aliphatic heterocycles. The molecular weight excluding hydrogens is 328 g/mol. The Labute approximate surface area is 144 Å². The van der Waals surface area contributed by atoms with E-state index < -0.39 is 0 Å². The third-order valence-electron chi connectivity index (χ3n) is 5.03. The minimum atomic E-state index is -0.240. The van der Waals surface area contributed by atoms with Crippen LogP contribution < -0.4 is 4.74 Å². The van der Waals surface area contributed by atoms with Crippen molar-refractivity contribution in [3.63, 3.8) is 0 Å². The van der Waals surface area contributed by atoms with E-state index in [0.717, 1.165) is 11.4 Å². The molecule has 0 unspecified atom stereocenters. The van der Waals surface area contributed by atoms with Crippen LogP contribution in [0.3, 0.4) is 0 Å². The highest BCUT2D eigenvalue weighted by Crippen LogP contribution is 2.52. The summed E-state index contributed by atoms with van der Waals surface area (Å²) in [6.07, 6.45) is 6.51. The number of carbonyl (C=O) groups is 2. The normalized spacial score (nSPS) is 30.7. The number of ether oxygens (including phenoxy) is 1. The standard InChI is InChI=1S/C18H17ClN2O3/c1-2-24-14-6-5-13(19)8-12(14)9-20-21-17(22)15-10-3-4-11(7-10)16(15)18(21)23/h3-6,8-11,15-16H,2,7H2,1H3/b20-9-/t10-,11-,15+,16+/m0/s1. The summed E-state index contributed by atoms with van der Waals surface area (Å²) in [5.74, 6) is 0.109. The number of allylic oxidation sites excluding steroid dienone is 2. The van der Waals surface area contributed by atoms with E-state index in [4.69, 9.17) is 16.3 Å². The molecule has 2 aliphatic carbocycles. The highest BCUT2D eigenvalue weighted by atomic mass is 35.5. The number of hydrogen-bond acceptors (Lipinski definition) is 4. The lowest BCUT2D eigenvalue weighted by molar-refractivity contribution is -0.140. The molecule has 1 saturated carbocycles. The number of hydrogen-bond donors (Lipinski definition) is 0. The quantitative estimate of drug-likeness (QED) is 0.479. The van der Waals surface area contributed by atoms with E-state index in [1.807, 2.05) is 6.92 Å². The fourth-order valence-corrected chi connectivity index (χ4v) is 4.21. The third kappa shape index (κ3) is 2.26. The van der Waals surface area contributed by atoms with Gasteiger partial charge < -0.3 is 4.74 Å². The lowest BCUT2D eigenvalue weighted by Crippen LogP contribution is -2.28. The monoisotopic (exact) mass is 344 g/mol. The number of hydrazone groups is 1. The second-order valence-electron chi connectivity index (χ2n) is 6.35. The summed E-state index contributed by atoms with van der Waals surface area (Å²) in [6, 6.07) is 5.18. The SMILES string of the molecule is CCOc1ccc(Cl)cc1/C=N\N1C(=O)[C@H]2[C@H](C1=O)[C@H]1C=C[C@H]2C1. The van der Waals surface area contributed by atoms with Crippen molar-refractivity contribution in [3.05, 3.63) is 40.9 Å². The average Bonchev–Trinajstić information content (AvgIpc) is 3.23. The van der Waals surface area contributed by atoms with Crippen LogP contribution in [0.1, 0.15) is 18.9 Å². The molecule has 0 aromatic heterocycles. The maximum Gasteiger partial charge on any atom is 0.254 e. The van der Waals surface area contributed by atoms with E-state index in [1.165, 1.54) is 6.21 Å². The van der Waals surface area contributed by atoms with Crippen molar-refractivity contribution in [2.24, 2.45) is 28.8 Å². The second kappa shape index (κ2) is 5.74. The van der Waals surface area contributed by atoms with Crippen molar-refractivity contribution in [2.45, 2.75) is 13.3 Å². The summed E-state index contributed by atoms with van der Waals surface area (Å²) >= 11 is 6.02. The number of fused-ring (bicyclic) bond motifs is 5. The van der Waals surface area contributed by atoms with Gasteiger partial charge in [0.1, 0.15) is 5.75 Å². The molecule has 6 heteroatoms. The summed E-state index contributed by atoms with van der Waals surface area (Å²) in [4.78, 5) is 25.2. The fraction of sp³-hybridized carbons (Fsp3) is 0.389. The van der Waals surface area contributed by atoms with Crippen LogP contribution in [0.2, 0.25) is 5.02 Å². The van der Waals surface area contributed by atoms with Crippen molar-refractivity contribution < 1.29 is 14.3 Å². The topological polar surface area (TPSA) is 59.0 Å². The van der Waals surface area contributed by atoms with Crippen molar-refractivity contribution >= 4 is 29.6 Å². The number of carbonyl (C=O) groups excluding carboxylic acids is 2. The van der Waals surface area contributed by atoms with Gasteiger partial charge in [0.2, 0.25) is 0 Å². The summed E-state index contributed by atoms with van der Waals surface area (Å²) < 4.78 is 5.53. The van der Waals surface area contributed by atoms with Gasteiger partial charge in [0, 0.05) is 10.6 Å². The predicted molar refractivity (Wildman–Crippen MR) is 89.8 cm³/mol. The second-order valence-corrected chi connectivity index (χ2v) is 6.78. The van der Waals surface area contributed by atoms with Gasteiger partial charge in [0.15, 0.2) is 0 Å². The van der Waals surface area contributed by atoms with Gasteiger partial charge >= 0.3 is 0 Å². The number of rotatable bonds is 4. The molecule has 4 rings (SSSR count). The van der Waals surface area contributed by atoms with Crippen molar-refractivity contribution in [3.8, 4) is 5.75 Å². The largest absolute Gasteiger partial charge is 0.493 e. The molecule has 5 nitrogen and oxygen atoms in total. The van der Waals surface area contributed by atoms with Crippen LogP contribution in [0, 0.1) is 23.7 Å². The summed E-state index contributed by atoms with van der Waals surface area (Å²) in [5, 5.41) is 5.73. The van der Waals surface area contributed by atoms with E-state index in [0.29, 0.717) is 22.9 Å². The Kier molecular flexibility index (Phi) is 3.68. The highest BCUT2D eigenvalue weighted by molar-refractivity contribution is 6.30. The number of amides is 2. The summed E-state index contributed by atoms with van der Waals surface area (Å²) in [7, 11) is 0. The van der Waals surface area contributed by atoms with E-state index in [1.54, 1.807) is 18.2 Å². The Morgan fingerprint density at radius 3 is 2.54 bits per heavy atom. The molecule has 0 radical (unpaired) electrons. The minimum Gasteiger partial charge on any atom is -0.493 e. The zero-order valence-corrected chi connectivity index (χ0v) is 13.9. The van der Waals surface area contributed by atoms with Crippen molar-refractivity contribution in [1.29, 1.82) is 0 Å². The van der Waals surface area contributed by atoms with Gasteiger partial charge in [-0.2, -0.15) is 10.1 Å². The molecule has 1 heterocycles. The molecule has 1 aromatic rings. The van der Waals surface area contributed by atoms with Gasteiger partial charge in [0.25, 0.3) is 11.8 Å². The van der Waals surface area contributed by atoms with Gasteiger partial charge in [-0.25, -0.2) is 0 Å². The minimum absolute atomic E-state index is 0.182. The van der Waals surface area contributed by atoms with Gasteiger partial charge in [-0.1, -0.05) is 23.8 Å². The molecule has 4 atom stereocenters.